The van der Waals surface area contributed by atoms with Crippen LogP contribution < -0.4 is 5.32 Å². The van der Waals surface area contributed by atoms with E-state index in [1.54, 1.807) is 11.1 Å². The molecule has 1 aromatic carbocycles. The predicted molar refractivity (Wildman–Crippen MR) is 119 cm³/mol. The van der Waals surface area contributed by atoms with Crippen molar-refractivity contribution in [3.63, 3.8) is 0 Å². The summed E-state index contributed by atoms with van der Waals surface area (Å²) >= 11 is 0. The van der Waals surface area contributed by atoms with Crippen molar-refractivity contribution in [3.05, 3.63) is 55.0 Å². The van der Waals surface area contributed by atoms with Gasteiger partial charge in [0.25, 0.3) is 0 Å². The van der Waals surface area contributed by atoms with Crippen molar-refractivity contribution in [2.75, 3.05) is 18.4 Å². The number of ether oxygens (including phenoxy) is 1. The number of benzene rings is 1. The van der Waals surface area contributed by atoms with Crippen LogP contribution in [0, 0.1) is 0 Å². The number of nitrogens with zero attached hydrogens (tertiary/aromatic N) is 3. The van der Waals surface area contributed by atoms with Gasteiger partial charge in [-0.1, -0.05) is 18.2 Å². The van der Waals surface area contributed by atoms with Gasteiger partial charge in [0.1, 0.15) is 11.4 Å². The molecule has 0 saturated carbocycles. The number of aromatic nitrogens is 2. The minimum absolute atomic E-state index is 0.141. The molecule has 1 fully saturated rings. The molecule has 1 N–H and O–H groups in total. The van der Waals surface area contributed by atoms with Crippen molar-refractivity contribution in [2.45, 2.75) is 45.3 Å². The van der Waals surface area contributed by atoms with Gasteiger partial charge >= 0.3 is 6.09 Å². The highest BCUT2D eigenvalue weighted by Gasteiger charge is 2.28. The Morgan fingerprint density at radius 2 is 2.03 bits per heavy atom. The zero-order valence-corrected chi connectivity index (χ0v) is 17.8. The number of hydrogen-bond acceptors (Lipinski definition) is 5. The molecule has 2 aromatic heterocycles. The maximum atomic E-state index is 12.5. The minimum Gasteiger partial charge on any atom is -0.444 e. The maximum Gasteiger partial charge on any atom is 0.410 e. The van der Waals surface area contributed by atoms with Crippen molar-refractivity contribution < 1.29 is 9.53 Å². The first-order valence-electron chi connectivity index (χ1n) is 10.4. The zero-order chi connectivity index (χ0) is 21.1. The average Bonchev–Trinajstić information content (AvgIpc) is 2.73. The van der Waals surface area contributed by atoms with Gasteiger partial charge < -0.3 is 15.0 Å². The van der Waals surface area contributed by atoms with Gasteiger partial charge in [-0.3, -0.25) is 4.98 Å². The SMILES string of the molecule is CC(C)(C)OC(=O)N1CCC[C@@H](Nc2nccc3cc(-c4cccnc4)ccc23)C1. The third-order valence-electron chi connectivity index (χ3n) is 5.17. The molecular weight excluding hydrogens is 376 g/mol. The highest BCUT2D eigenvalue weighted by molar-refractivity contribution is 5.94. The smallest absolute Gasteiger partial charge is 0.410 e. The second kappa shape index (κ2) is 8.30. The highest BCUT2D eigenvalue weighted by Crippen LogP contribution is 2.28. The van der Waals surface area contributed by atoms with E-state index in [1.807, 2.05) is 45.3 Å². The lowest BCUT2D eigenvalue weighted by Gasteiger charge is -2.34. The molecule has 4 rings (SSSR count). The summed E-state index contributed by atoms with van der Waals surface area (Å²) in [6.07, 6.45) is 7.15. The third-order valence-corrected chi connectivity index (χ3v) is 5.17. The van der Waals surface area contributed by atoms with Crippen LogP contribution in [0.1, 0.15) is 33.6 Å². The molecule has 6 nitrogen and oxygen atoms in total. The summed E-state index contributed by atoms with van der Waals surface area (Å²) < 4.78 is 5.54. The summed E-state index contributed by atoms with van der Waals surface area (Å²) in [7, 11) is 0. The molecule has 1 aliphatic heterocycles. The molecule has 1 amide bonds. The lowest BCUT2D eigenvalue weighted by atomic mass is 10.0. The van der Waals surface area contributed by atoms with Crippen LogP contribution in [0.5, 0.6) is 0 Å². The fourth-order valence-electron chi connectivity index (χ4n) is 3.79. The number of rotatable bonds is 3. The first-order chi connectivity index (χ1) is 14.4. The van der Waals surface area contributed by atoms with E-state index in [9.17, 15) is 4.79 Å². The first kappa shape index (κ1) is 20.1. The molecule has 0 unspecified atom stereocenters. The van der Waals surface area contributed by atoms with E-state index in [1.165, 1.54) is 0 Å². The Morgan fingerprint density at radius 1 is 1.17 bits per heavy atom. The number of hydrogen-bond donors (Lipinski definition) is 1. The van der Waals surface area contributed by atoms with Crippen LogP contribution in [0.2, 0.25) is 0 Å². The van der Waals surface area contributed by atoms with Gasteiger partial charge in [0.2, 0.25) is 0 Å². The summed E-state index contributed by atoms with van der Waals surface area (Å²) in [6.45, 7) is 7.02. The number of fused-ring (bicyclic) bond motifs is 1. The summed E-state index contributed by atoms with van der Waals surface area (Å²) in [5, 5.41) is 5.75. The van der Waals surface area contributed by atoms with Gasteiger partial charge in [-0.15, -0.1) is 0 Å². The Bertz CT molecular complexity index is 1030. The molecule has 3 aromatic rings. The number of nitrogens with one attached hydrogen (secondary N) is 1. The van der Waals surface area contributed by atoms with Crippen LogP contribution in [-0.4, -0.2) is 45.7 Å². The molecule has 1 aliphatic rings. The van der Waals surface area contributed by atoms with Gasteiger partial charge in [-0.05, 0) is 62.8 Å². The number of carbonyl (C=O) groups is 1. The van der Waals surface area contributed by atoms with Crippen LogP contribution in [0.4, 0.5) is 10.6 Å². The second-order valence-corrected chi connectivity index (χ2v) is 8.75. The highest BCUT2D eigenvalue weighted by atomic mass is 16.6. The minimum atomic E-state index is -0.485. The largest absolute Gasteiger partial charge is 0.444 e. The van der Waals surface area contributed by atoms with E-state index < -0.39 is 5.60 Å². The van der Waals surface area contributed by atoms with Gasteiger partial charge in [-0.2, -0.15) is 0 Å². The van der Waals surface area contributed by atoms with Crippen LogP contribution in [-0.2, 0) is 4.74 Å². The van der Waals surface area contributed by atoms with Gasteiger partial charge in [-0.25, -0.2) is 9.78 Å². The molecule has 0 spiro atoms. The van der Waals surface area contributed by atoms with Crippen molar-refractivity contribution in [3.8, 4) is 11.1 Å². The van der Waals surface area contributed by atoms with Gasteiger partial charge in [0.05, 0.1) is 0 Å². The third kappa shape index (κ3) is 4.70. The molecule has 1 saturated heterocycles. The molecule has 6 heteroatoms. The molecule has 0 radical (unpaired) electrons. The van der Waals surface area contributed by atoms with E-state index in [4.69, 9.17) is 4.74 Å². The van der Waals surface area contributed by atoms with E-state index in [2.05, 4.69) is 39.6 Å². The number of pyridine rings is 2. The normalized spacial score (nSPS) is 17.0. The van der Waals surface area contributed by atoms with Crippen LogP contribution in [0.3, 0.4) is 0 Å². The standard InChI is InChI=1S/C24H28N4O2/c1-24(2,3)30-23(29)28-13-5-7-20(16-28)27-22-21-9-8-17(14-18(21)10-12-26-22)19-6-4-11-25-15-19/h4,6,8-12,14-15,20H,5,7,13,16H2,1-3H3,(H,26,27)/t20-/m1/s1. The Labute approximate surface area is 177 Å². The number of piperidine rings is 1. The monoisotopic (exact) mass is 404 g/mol. The molecule has 3 heterocycles. The lowest BCUT2D eigenvalue weighted by molar-refractivity contribution is 0.0206. The van der Waals surface area contributed by atoms with Crippen LogP contribution >= 0.6 is 0 Å². The Hall–Kier alpha value is -3.15. The molecule has 1 atom stereocenters. The fraction of sp³-hybridized carbons (Fsp3) is 0.375. The average molecular weight is 405 g/mol. The van der Waals surface area contributed by atoms with E-state index in [0.29, 0.717) is 6.54 Å². The summed E-state index contributed by atoms with van der Waals surface area (Å²) in [5.41, 5.74) is 1.73. The zero-order valence-electron chi connectivity index (χ0n) is 17.8. The van der Waals surface area contributed by atoms with Gasteiger partial charge in [0, 0.05) is 48.7 Å². The summed E-state index contributed by atoms with van der Waals surface area (Å²) in [4.78, 5) is 23.0. The lowest BCUT2D eigenvalue weighted by Crippen LogP contribution is -2.47. The fourth-order valence-corrected chi connectivity index (χ4v) is 3.79. The number of likely N-dealkylation sites (tertiary alicyclic amines) is 1. The molecule has 156 valence electrons. The quantitative estimate of drug-likeness (QED) is 0.657. The van der Waals surface area contributed by atoms with Crippen LogP contribution in [0.25, 0.3) is 21.9 Å². The van der Waals surface area contributed by atoms with Crippen molar-refractivity contribution in [1.82, 2.24) is 14.9 Å². The molecule has 0 aliphatic carbocycles. The van der Waals surface area contributed by atoms with E-state index in [0.717, 1.165) is 47.1 Å². The van der Waals surface area contributed by atoms with Crippen molar-refractivity contribution >= 4 is 22.7 Å². The number of carbonyl (C=O) groups excluding carboxylic acids is 1. The topological polar surface area (TPSA) is 67.3 Å². The molecular formula is C24H28N4O2. The second-order valence-electron chi connectivity index (χ2n) is 8.75. The summed E-state index contributed by atoms with van der Waals surface area (Å²) in [5.74, 6) is 0.848. The maximum absolute atomic E-state index is 12.5. The Morgan fingerprint density at radius 3 is 2.80 bits per heavy atom. The summed E-state index contributed by atoms with van der Waals surface area (Å²) in [6, 6.07) is 12.5. The van der Waals surface area contributed by atoms with Crippen molar-refractivity contribution in [2.24, 2.45) is 0 Å². The Kier molecular flexibility index (Phi) is 5.57. The number of anilines is 1. The number of amides is 1. The van der Waals surface area contributed by atoms with Crippen LogP contribution in [0.15, 0.2) is 55.0 Å². The van der Waals surface area contributed by atoms with Gasteiger partial charge in [0.15, 0.2) is 0 Å². The van der Waals surface area contributed by atoms with Crippen molar-refractivity contribution in [1.29, 1.82) is 0 Å². The van der Waals surface area contributed by atoms with E-state index >= 15 is 0 Å². The predicted octanol–water partition coefficient (Wildman–Crippen LogP) is 5.11. The molecule has 30 heavy (non-hydrogen) atoms. The molecule has 0 bridgehead atoms. The first-order valence-corrected chi connectivity index (χ1v) is 10.4. The van der Waals surface area contributed by atoms with E-state index in [-0.39, 0.29) is 12.1 Å². The Balaban J connectivity index is 1.51.